The van der Waals surface area contributed by atoms with Gasteiger partial charge in [-0.2, -0.15) is 0 Å². The van der Waals surface area contributed by atoms with Crippen molar-refractivity contribution < 1.29 is 19.1 Å². The van der Waals surface area contributed by atoms with Crippen molar-refractivity contribution in [2.24, 2.45) is 0 Å². The van der Waals surface area contributed by atoms with Gasteiger partial charge in [0.1, 0.15) is 0 Å². The van der Waals surface area contributed by atoms with Crippen LogP contribution in [-0.2, 0) is 19.1 Å². The minimum atomic E-state index is -0.196. The van der Waals surface area contributed by atoms with Gasteiger partial charge in [0.2, 0.25) is 0 Å². The van der Waals surface area contributed by atoms with Gasteiger partial charge < -0.3 is 9.47 Å². The van der Waals surface area contributed by atoms with Gasteiger partial charge >= 0.3 is 11.9 Å². The molecule has 0 aliphatic carbocycles. The van der Waals surface area contributed by atoms with Crippen molar-refractivity contribution in [3.05, 3.63) is 0 Å². The highest BCUT2D eigenvalue weighted by Gasteiger charge is 2.11. The Morgan fingerprint density at radius 2 is 0.941 bits per heavy atom. The monoisotopic (exact) mass is 482 g/mol. The minimum Gasteiger partial charge on any atom is -0.466 e. The van der Waals surface area contributed by atoms with E-state index in [1.54, 1.807) is 0 Å². The third-order valence-corrected chi connectivity index (χ3v) is 6.57. The molecule has 0 bridgehead atoms. The van der Waals surface area contributed by atoms with Crippen LogP contribution >= 0.6 is 0 Å². The third kappa shape index (κ3) is 25.6. The summed E-state index contributed by atoms with van der Waals surface area (Å²) in [6, 6.07) is 0. The standard InChI is InChI=1S/C30H58O4/c1-4-6-8-10-11-12-13-14-15-16-17-18-19-20-22-27-33-29(31)25-23-26-30(32)34-28(3)24-21-9-7-5-2/h28H,4-27H2,1-3H3. The highest BCUT2D eigenvalue weighted by molar-refractivity contribution is 5.72. The van der Waals surface area contributed by atoms with Gasteiger partial charge in [-0.05, 0) is 32.6 Å². The van der Waals surface area contributed by atoms with E-state index in [9.17, 15) is 9.59 Å². The number of hydrogen-bond acceptors (Lipinski definition) is 4. The van der Waals surface area contributed by atoms with Gasteiger partial charge in [-0.25, -0.2) is 0 Å². The SMILES string of the molecule is CCCCCCCCCCCCCCCCCOC(=O)CCCC(=O)OC(C)CCCCCC. The molecule has 0 saturated heterocycles. The Morgan fingerprint density at radius 3 is 1.44 bits per heavy atom. The van der Waals surface area contributed by atoms with E-state index in [2.05, 4.69) is 13.8 Å². The Labute approximate surface area is 212 Å². The molecule has 0 N–H and O–H groups in total. The zero-order valence-electron chi connectivity index (χ0n) is 23.2. The first kappa shape index (κ1) is 32.9. The second-order valence-electron chi connectivity index (χ2n) is 10.2. The van der Waals surface area contributed by atoms with E-state index in [-0.39, 0.29) is 18.0 Å². The molecule has 4 heteroatoms. The number of esters is 2. The lowest BCUT2D eigenvalue weighted by Crippen LogP contribution is -2.15. The smallest absolute Gasteiger partial charge is 0.306 e. The summed E-state index contributed by atoms with van der Waals surface area (Å²) >= 11 is 0. The zero-order chi connectivity index (χ0) is 25.1. The Balaban J connectivity index is 3.34. The Bertz CT molecular complexity index is 449. The average molecular weight is 483 g/mol. The molecule has 0 amide bonds. The second kappa shape index (κ2) is 26.5. The summed E-state index contributed by atoms with van der Waals surface area (Å²) in [7, 11) is 0. The van der Waals surface area contributed by atoms with E-state index >= 15 is 0 Å². The second-order valence-corrected chi connectivity index (χ2v) is 10.2. The van der Waals surface area contributed by atoms with Crippen LogP contribution in [0.25, 0.3) is 0 Å². The number of ether oxygens (including phenoxy) is 2. The van der Waals surface area contributed by atoms with Crippen LogP contribution < -0.4 is 0 Å². The predicted molar refractivity (Wildman–Crippen MR) is 144 cm³/mol. The lowest BCUT2D eigenvalue weighted by Gasteiger charge is -2.13. The van der Waals surface area contributed by atoms with Gasteiger partial charge in [0.15, 0.2) is 0 Å². The van der Waals surface area contributed by atoms with Crippen LogP contribution in [0.1, 0.15) is 168 Å². The van der Waals surface area contributed by atoms with Crippen molar-refractivity contribution in [2.75, 3.05) is 6.61 Å². The van der Waals surface area contributed by atoms with Gasteiger partial charge in [0, 0.05) is 12.8 Å². The summed E-state index contributed by atoms with van der Waals surface area (Å²) in [5.74, 6) is -0.385. The largest absolute Gasteiger partial charge is 0.466 e. The highest BCUT2D eigenvalue weighted by Crippen LogP contribution is 2.14. The summed E-state index contributed by atoms with van der Waals surface area (Å²) in [6.45, 7) is 6.93. The van der Waals surface area contributed by atoms with Gasteiger partial charge in [-0.15, -0.1) is 0 Å². The molecule has 0 aliphatic rings. The first-order valence-corrected chi connectivity index (χ1v) is 14.9. The normalized spacial score (nSPS) is 12.0. The van der Waals surface area contributed by atoms with Crippen molar-refractivity contribution in [2.45, 2.75) is 175 Å². The van der Waals surface area contributed by atoms with Crippen molar-refractivity contribution >= 4 is 11.9 Å². The summed E-state index contributed by atoms with van der Waals surface area (Å²) in [5.41, 5.74) is 0. The van der Waals surface area contributed by atoms with Crippen LogP contribution in [0.3, 0.4) is 0 Å². The summed E-state index contributed by atoms with van der Waals surface area (Å²) in [4.78, 5) is 23.7. The molecule has 0 heterocycles. The molecule has 0 rings (SSSR count). The lowest BCUT2D eigenvalue weighted by molar-refractivity contribution is -0.149. The van der Waals surface area contributed by atoms with Crippen LogP contribution in [0.5, 0.6) is 0 Å². The van der Waals surface area contributed by atoms with Crippen LogP contribution in [0.2, 0.25) is 0 Å². The Morgan fingerprint density at radius 1 is 0.529 bits per heavy atom. The van der Waals surface area contributed by atoms with E-state index in [0.29, 0.717) is 25.9 Å². The van der Waals surface area contributed by atoms with Crippen LogP contribution in [0.4, 0.5) is 0 Å². The fourth-order valence-electron chi connectivity index (χ4n) is 4.31. The van der Waals surface area contributed by atoms with Crippen molar-refractivity contribution in [3.8, 4) is 0 Å². The minimum absolute atomic E-state index is 0.0265. The van der Waals surface area contributed by atoms with E-state index in [1.807, 2.05) is 6.92 Å². The topological polar surface area (TPSA) is 52.6 Å². The Hall–Kier alpha value is -1.06. The molecule has 4 nitrogen and oxygen atoms in total. The van der Waals surface area contributed by atoms with Gasteiger partial charge in [-0.1, -0.05) is 123 Å². The first-order chi connectivity index (χ1) is 16.6. The summed E-state index contributed by atoms with van der Waals surface area (Å²) in [6.07, 6.45) is 26.7. The Kier molecular flexibility index (Phi) is 25.7. The molecule has 34 heavy (non-hydrogen) atoms. The predicted octanol–water partition coefficient (Wildman–Crippen LogP) is 9.47. The summed E-state index contributed by atoms with van der Waals surface area (Å²) in [5, 5.41) is 0. The van der Waals surface area contributed by atoms with E-state index < -0.39 is 0 Å². The number of carbonyl (C=O) groups is 2. The maximum absolute atomic E-state index is 11.9. The fourth-order valence-corrected chi connectivity index (χ4v) is 4.31. The molecule has 0 saturated carbocycles. The molecular formula is C30H58O4. The van der Waals surface area contributed by atoms with Gasteiger partial charge in [-0.3, -0.25) is 9.59 Å². The van der Waals surface area contributed by atoms with Gasteiger partial charge in [0.25, 0.3) is 0 Å². The number of hydrogen-bond donors (Lipinski definition) is 0. The quantitative estimate of drug-likeness (QED) is 0.0909. The fraction of sp³-hybridized carbons (Fsp3) is 0.933. The molecule has 0 aliphatic heterocycles. The number of carbonyl (C=O) groups excluding carboxylic acids is 2. The third-order valence-electron chi connectivity index (χ3n) is 6.57. The van der Waals surface area contributed by atoms with Crippen LogP contribution in [-0.4, -0.2) is 24.6 Å². The maximum atomic E-state index is 11.9. The molecular weight excluding hydrogens is 424 g/mol. The van der Waals surface area contributed by atoms with Crippen molar-refractivity contribution in [1.29, 1.82) is 0 Å². The molecule has 0 radical (unpaired) electrons. The van der Waals surface area contributed by atoms with Crippen molar-refractivity contribution in [3.63, 3.8) is 0 Å². The highest BCUT2D eigenvalue weighted by atomic mass is 16.5. The van der Waals surface area contributed by atoms with Gasteiger partial charge in [0.05, 0.1) is 12.7 Å². The molecule has 0 fully saturated rings. The van der Waals surface area contributed by atoms with E-state index in [4.69, 9.17) is 9.47 Å². The van der Waals surface area contributed by atoms with Crippen LogP contribution in [0, 0.1) is 0 Å². The van der Waals surface area contributed by atoms with Crippen LogP contribution in [0.15, 0.2) is 0 Å². The molecule has 0 aromatic carbocycles. The molecule has 0 aromatic rings. The molecule has 0 aromatic heterocycles. The first-order valence-electron chi connectivity index (χ1n) is 14.9. The zero-order valence-corrected chi connectivity index (χ0v) is 23.2. The molecule has 0 spiro atoms. The van der Waals surface area contributed by atoms with E-state index in [0.717, 1.165) is 25.7 Å². The molecule has 1 atom stereocenters. The number of rotatable bonds is 26. The summed E-state index contributed by atoms with van der Waals surface area (Å²) < 4.78 is 10.7. The maximum Gasteiger partial charge on any atom is 0.306 e. The van der Waals surface area contributed by atoms with E-state index in [1.165, 1.54) is 103 Å². The average Bonchev–Trinajstić information content (AvgIpc) is 2.81. The molecule has 202 valence electrons. The number of unbranched alkanes of at least 4 members (excludes halogenated alkanes) is 17. The lowest BCUT2D eigenvalue weighted by atomic mass is 10.0. The molecule has 1 unspecified atom stereocenters. The van der Waals surface area contributed by atoms with Crippen molar-refractivity contribution in [1.82, 2.24) is 0 Å².